The van der Waals surface area contributed by atoms with Gasteiger partial charge >= 0.3 is 0 Å². The molecule has 0 spiro atoms. The van der Waals surface area contributed by atoms with E-state index in [1.54, 1.807) is 11.8 Å². The van der Waals surface area contributed by atoms with Crippen LogP contribution in [0.4, 0.5) is 5.69 Å². The third-order valence-electron chi connectivity index (χ3n) is 4.29. The van der Waals surface area contributed by atoms with E-state index in [1.165, 1.54) is 0 Å². The van der Waals surface area contributed by atoms with Crippen LogP contribution in [0.1, 0.15) is 39.5 Å². The minimum atomic E-state index is -0.118. The van der Waals surface area contributed by atoms with E-state index < -0.39 is 0 Å². The molecule has 2 amide bonds. The van der Waals surface area contributed by atoms with Crippen molar-refractivity contribution in [1.82, 2.24) is 5.32 Å². The molecule has 2 aromatic carbocycles. The van der Waals surface area contributed by atoms with Gasteiger partial charge in [0.25, 0.3) is 5.91 Å². The van der Waals surface area contributed by atoms with Gasteiger partial charge in [-0.25, -0.2) is 0 Å². The molecule has 0 heterocycles. The zero-order valence-corrected chi connectivity index (χ0v) is 15.6. The first-order valence-electron chi connectivity index (χ1n) is 8.50. The van der Waals surface area contributed by atoms with E-state index in [2.05, 4.69) is 11.4 Å². The van der Waals surface area contributed by atoms with Crippen LogP contribution < -0.4 is 10.2 Å². The van der Waals surface area contributed by atoms with Gasteiger partial charge in [0.2, 0.25) is 5.91 Å². The number of nitrogens with zero attached hydrogens (tertiary/aromatic N) is 1. The number of carbonyl (C=O) groups is 2. The summed E-state index contributed by atoms with van der Waals surface area (Å²) < 4.78 is 0. The molecule has 2 aromatic rings. The maximum atomic E-state index is 12.3. The molecule has 0 bridgehead atoms. The van der Waals surface area contributed by atoms with E-state index in [0.29, 0.717) is 18.7 Å². The summed E-state index contributed by atoms with van der Waals surface area (Å²) in [6.07, 6.45) is 0. The second-order valence-electron chi connectivity index (χ2n) is 6.57. The molecule has 0 radical (unpaired) electrons. The van der Waals surface area contributed by atoms with Crippen molar-refractivity contribution in [2.75, 3.05) is 18.0 Å². The maximum absolute atomic E-state index is 12.3. The van der Waals surface area contributed by atoms with Gasteiger partial charge in [0.1, 0.15) is 0 Å². The lowest BCUT2D eigenvalue weighted by molar-refractivity contribution is -0.116. The minimum Gasteiger partial charge on any atom is -0.350 e. The highest BCUT2D eigenvalue weighted by atomic mass is 16.2. The minimum absolute atomic E-state index is 0.0366. The van der Waals surface area contributed by atoms with Gasteiger partial charge in [0.15, 0.2) is 0 Å². The molecule has 0 saturated carbocycles. The molecule has 4 nitrogen and oxygen atoms in total. The number of hydrogen-bond acceptors (Lipinski definition) is 2. The average Bonchev–Trinajstić information content (AvgIpc) is 2.52. The van der Waals surface area contributed by atoms with Crippen molar-refractivity contribution in [3.63, 3.8) is 0 Å². The highest BCUT2D eigenvalue weighted by Gasteiger charge is 2.13. The molecule has 0 saturated heterocycles. The summed E-state index contributed by atoms with van der Waals surface area (Å²) in [6.45, 7) is 10.4. The summed E-state index contributed by atoms with van der Waals surface area (Å²) in [7, 11) is 0. The highest BCUT2D eigenvalue weighted by Crippen LogP contribution is 2.18. The topological polar surface area (TPSA) is 49.4 Å². The summed E-state index contributed by atoms with van der Waals surface area (Å²) in [5, 5.41) is 2.90. The molecule has 4 heteroatoms. The second-order valence-corrected chi connectivity index (χ2v) is 6.57. The van der Waals surface area contributed by atoms with Crippen molar-refractivity contribution in [1.29, 1.82) is 0 Å². The van der Waals surface area contributed by atoms with Gasteiger partial charge in [-0.1, -0.05) is 12.1 Å². The van der Waals surface area contributed by atoms with E-state index >= 15 is 0 Å². The second kappa shape index (κ2) is 7.97. The van der Waals surface area contributed by atoms with Crippen molar-refractivity contribution in [2.45, 2.75) is 34.6 Å². The van der Waals surface area contributed by atoms with E-state index in [4.69, 9.17) is 0 Å². The van der Waals surface area contributed by atoms with E-state index in [9.17, 15) is 9.59 Å². The van der Waals surface area contributed by atoms with Crippen LogP contribution in [-0.4, -0.2) is 24.9 Å². The Kier molecular flexibility index (Phi) is 5.97. The average molecular weight is 338 g/mol. The van der Waals surface area contributed by atoms with Gasteiger partial charge in [-0.2, -0.15) is 0 Å². The van der Waals surface area contributed by atoms with Gasteiger partial charge in [0, 0.05) is 31.3 Å². The Balaban J connectivity index is 2.03. The highest BCUT2D eigenvalue weighted by molar-refractivity contribution is 5.95. The molecule has 0 fully saturated rings. The summed E-state index contributed by atoms with van der Waals surface area (Å²) in [4.78, 5) is 26.0. The van der Waals surface area contributed by atoms with Crippen LogP contribution in [-0.2, 0) is 4.79 Å². The van der Waals surface area contributed by atoms with E-state index in [1.807, 2.05) is 58.0 Å². The number of benzene rings is 2. The molecule has 2 rings (SSSR count). The van der Waals surface area contributed by atoms with E-state index in [0.717, 1.165) is 27.9 Å². The molecule has 25 heavy (non-hydrogen) atoms. The summed E-state index contributed by atoms with van der Waals surface area (Å²) in [6, 6.07) is 11.7. The first kappa shape index (κ1) is 18.7. The number of nitrogens with one attached hydrogen (secondary N) is 1. The third kappa shape index (κ3) is 4.92. The molecule has 0 atom stereocenters. The van der Waals surface area contributed by atoms with Crippen LogP contribution >= 0.6 is 0 Å². The zero-order valence-electron chi connectivity index (χ0n) is 15.6. The molecule has 0 aliphatic rings. The van der Waals surface area contributed by atoms with E-state index in [-0.39, 0.29) is 11.8 Å². The largest absolute Gasteiger partial charge is 0.350 e. The number of aryl methyl sites for hydroxylation is 4. The van der Waals surface area contributed by atoms with Crippen molar-refractivity contribution in [2.24, 2.45) is 0 Å². The SMILES string of the molecule is CC(=O)N(CCNC(=O)c1ccc(C)c(C)c1)c1cc(C)cc(C)c1. The normalized spacial score (nSPS) is 10.4. The molecule has 0 aromatic heterocycles. The molecular weight excluding hydrogens is 312 g/mol. The lowest BCUT2D eigenvalue weighted by Gasteiger charge is -2.22. The number of amides is 2. The molecule has 0 aliphatic carbocycles. The van der Waals surface area contributed by atoms with Gasteiger partial charge in [-0.15, -0.1) is 0 Å². The standard InChI is InChI=1S/C21H26N2O2/c1-14-10-15(2)12-20(11-14)23(18(5)24)9-8-22-21(25)19-7-6-16(3)17(4)13-19/h6-7,10-13H,8-9H2,1-5H3,(H,22,25). The smallest absolute Gasteiger partial charge is 0.251 e. The molecule has 0 unspecified atom stereocenters. The maximum Gasteiger partial charge on any atom is 0.251 e. The van der Waals surface area contributed by atoms with Crippen LogP contribution in [0.15, 0.2) is 36.4 Å². The Morgan fingerprint density at radius 3 is 2.12 bits per heavy atom. The van der Waals surface area contributed by atoms with Crippen molar-refractivity contribution in [3.05, 3.63) is 64.2 Å². The zero-order chi connectivity index (χ0) is 18.6. The Hall–Kier alpha value is -2.62. The number of anilines is 1. The summed E-state index contributed by atoms with van der Waals surface area (Å²) in [5.74, 6) is -0.155. The number of carbonyl (C=O) groups excluding carboxylic acids is 2. The Bertz CT molecular complexity index is 776. The van der Waals surface area contributed by atoms with Crippen LogP contribution in [0, 0.1) is 27.7 Å². The third-order valence-corrected chi connectivity index (χ3v) is 4.29. The van der Waals surface area contributed by atoms with Gasteiger partial charge < -0.3 is 10.2 Å². The molecule has 132 valence electrons. The predicted octanol–water partition coefficient (Wildman–Crippen LogP) is 3.70. The lowest BCUT2D eigenvalue weighted by atomic mass is 10.1. The number of rotatable bonds is 5. The Labute approximate surface area is 149 Å². The quantitative estimate of drug-likeness (QED) is 0.903. The van der Waals surface area contributed by atoms with Crippen LogP contribution in [0.3, 0.4) is 0 Å². The first-order chi connectivity index (χ1) is 11.8. The first-order valence-corrected chi connectivity index (χ1v) is 8.50. The van der Waals surface area contributed by atoms with Crippen LogP contribution in [0.5, 0.6) is 0 Å². The van der Waals surface area contributed by atoms with Gasteiger partial charge in [-0.05, 0) is 74.2 Å². The predicted molar refractivity (Wildman–Crippen MR) is 102 cm³/mol. The van der Waals surface area contributed by atoms with Crippen LogP contribution in [0.25, 0.3) is 0 Å². The van der Waals surface area contributed by atoms with Crippen molar-refractivity contribution < 1.29 is 9.59 Å². The molecule has 0 aliphatic heterocycles. The van der Waals surface area contributed by atoms with Crippen LogP contribution in [0.2, 0.25) is 0 Å². The fourth-order valence-electron chi connectivity index (χ4n) is 2.84. The fourth-order valence-corrected chi connectivity index (χ4v) is 2.84. The van der Waals surface area contributed by atoms with Crippen molar-refractivity contribution >= 4 is 17.5 Å². The van der Waals surface area contributed by atoms with Gasteiger partial charge in [-0.3, -0.25) is 9.59 Å². The molecule has 1 N–H and O–H groups in total. The number of hydrogen-bond donors (Lipinski definition) is 1. The monoisotopic (exact) mass is 338 g/mol. The van der Waals surface area contributed by atoms with Crippen molar-refractivity contribution in [3.8, 4) is 0 Å². The Morgan fingerprint density at radius 1 is 0.920 bits per heavy atom. The Morgan fingerprint density at radius 2 is 1.56 bits per heavy atom. The summed E-state index contributed by atoms with van der Waals surface area (Å²) >= 11 is 0. The fraction of sp³-hybridized carbons (Fsp3) is 0.333. The summed E-state index contributed by atoms with van der Waals surface area (Å²) in [5.41, 5.74) is 5.98. The van der Waals surface area contributed by atoms with Gasteiger partial charge in [0.05, 0.1) is 0 Å². The molecular formula is C21H26N2O2. The lowest BCUT2D eigenvalue weighted by Crippen LogP contribution is -2.37.